The average Bonchev–Trinajstić information content (AvgIpc) is 2.93. The molecule has 0 atom stereocenters. The lowest BCUT2D eigenvalue weighted by molar-refractivity contribution is -0.100. The summed E-state index contributed by atoms with van der Waals surface area (Å²) in [5.74, 6) is 0. The standard InChI is InChI=1S/C9H17Cl2N2O4P.ClH/c10-15-18(14,16-11)17-13-7-3-9(4-8-13)12-5-1-2-6-12;/h9H,1-8H2;1H. The second-order valence-electron chi connectivity index (χ2n) is 4.57. The van der Waals surface area contributed by atoms with Gasteiger partial charge in [0.15, 0.2) is 0 Å². The largest absolute Gasteiger partial charge is 0.524 e. The molecule has 2 saturated heterocycles. The Hall–Kier alpha value is 0.900. The van der Waals surface area contributed by atoms with Crippen LogP contribution in [-0.2, 0) is 17.3 Å². The van der Waals surface area contributed by atoms with Crippen molar-refractivity contribution in [2.45, 2.75) is 31.7 Å². The van der Waals surface area contributed by atoms with Crippen molar-refractivity contribution in [2.24, 2.45) is 0 Å². The van der Waals surface area contributed by atoms with Crippen LogP contribution >= 0.6 is 44.0 Å². The van der Waals surface area contributed by atoms with Gasteiger partial charge >= 0.3 is 7.82 Å². The zero-order valence-corrected chi connectivity index (χ0v) is 13.6. The molecule has 0 N–H and O–H groups in total. The van der Waals surface area contributed by atoms with Crippen LogP contribution in [0.5, 0.6) is 0 Å². The number of piperidine rings is 1. The molecule has 10 heteroatoms. The van der Waals surface area contributed by atoms with Crippen LogP contribution in [0.25, 0.3) is 0 Å². The van der Waals surface area contributed by atoms with Crippen LogP contribution in [0.1, 0.15) is 25.7 Å². The van der Waals surface area contributed by atoms with Crippen molar-refractivity contribution in [2.75, 3.05) is 26.2 Å². The number of hydrogen-bond acceptors (Lipinski definition) is 6. The molecule has 2 rings (SSSR count). The molecule has 2 aliphatic heterocycles. The fourth-order valence-electron chi connectivity index (χ4n) is 2.57. The summed E-state index contributed by atoms with van der Waals surface area (Å²) in [6.07, 6.45) is 4.49. The van der Waals surface area contributed by atoms with Gasteiger partial charge in [-0.3, -0.25) is 0 Å². The number of halogens is 3. The van der Waals surface area contributed by atoms with Gasteiger partial charge in [0.05, 0.1) is 23.7 Å². The third kappa shape index (κ3) is 4.99. The second-order valence-corrected chi connectivity index (χ2v) is 6.73. The van der Waals surface area contributed by atoms with Gasteiger partial charge in [-0.15, -0.1) is 12.4 Å². The van der Waals surface area contributed by atoms with Gasteiger partial charge in [-0.2, -0.15) is 17.8 Å². The van der Waals surface area contributed by atoms with Crippen molar-refractivity contribution in [3.8, 4) is 0 Å². The Morgan fingerprint density at radius 3 is 2.00 bits per heavy atom. The second kappa shape index (κ2) is 8.37. The quantitative estimate of drug-likeness (QED) is 0.705. The Morgan fingerprint density at radius 1 is 1.00 bits per heavy atom. The maximum Gasteiger partial charge on any atom is 0.524 e. The molecule has 0 radical (unpaired) electrons. The zero-order chi connectivity index (χ0) is 13.0. The van der Waals surface area contributed by atoms with Gasteiger partial charge in [0.25, 0.3) is 0 Å². The van der Waals surface area contributed by atoms with Gasteiger partial charge in [-0.05, 0) is 38.8 Å². The van der Waals surface area contributed by atoms with E-state index in [0.29, 0.717) is 19.1 Å². The summed E-state index contributed by atoms with van der Waals surface area (Å²) in [4.78, 5) is 2.51. The summed E-state index contributed by atoms with van der Waals surface area (Å²) in [6.45, 7) is 3.68. The molecule has 0 amide bonds. The molecule has 2 aliphatic rings. The first-order valence-electron chi connectivity index (χ1n) is 6.06. The van der Waals surface area contributed by atoms with E-state index in [4.69, 9.17) is 28.4 Å². The van der Waals surface area contributed by atoms with Gasteiger partial charge in [-0.25, -0.2) is 4.57 Å². The lowest BCUT2D eigenvalue weighted by Gasteiger charge is -2.35. The highest BCUT2D eigenvalue weighted by atomic mass is 35.5. The summed E-state index contributed by atoms with van der Waals surface area (Å²) in [7, 11) is -3.85. The molecule has 0 bridgehead atoms. The maximum absolute atomic E-state index is 11.6. The van der Waals surface area contributed by atoms with Crippen LogP contribution in [0.4, 0.5) is 0 Å². The van der Waals surface area contributed by atoms with Crippen LogP contribution in [0.15, 0.2) is 0 Å². The molecule has 2 fully saturated rings. The number of rotatable bonds is 5. The molecule has 0 saturated carbocycles. The SMILES string of the molecule is Cl.O=P(OCl)(OCl)ON1CCC(N2CCCC2)CC1. The lowest BCUT2D eigenvalue weighted by atomic mass is 10.1. The summed E-state index contributed by atoms with van der Waals surface area (Å²) in [6, 6.07) is 0.584. The first-order valence-corrected chi connectivity index (χ1v) is 8.14. The van der Waals surface area contributed by atoms with Crippen molar-refractivity contribution < 1.29 is 17.3 Å². The van der Waals surface area contributed by atoms with E-state index < -0.39 is 7.82 Å². The van der Waals surface area contributed by atoms with E-state index in [1.807, 2.05) is 0 Å². The van der Waals surface area contributed by atoms with Crippen LogP contribution in [0.3, 0.4) is 0 Å². The minimum Gasteiger partial charge on any atom is -0.300 e. The molecule has 0 spiro atoms. The molecule has 0 unspecified atom stereocenters. The topological polar surface area (TPSA) is 51.2 Å². The molecule has 0 aromatic rings. The van der Waals surface area contributed by atoms with E-state index in [2.05, 4.69) is 13.1 Å². The molecular weight excluding hydrogens is 337 g/mol. The third-order valence-corrected chi connectivity index (χ3v) is 5.25. The Balaban J connectivity index is 0.00000180. The third-order valence-electron chi connectivity index (χ3n) is 3.47. The fourth-order valence-corrected chi connectivity index (χ4v) is 3.50. The number of likely N-dealkylation sites (tertiary alicyclic amines) is 1. The molecular formula is C9H18Cl3N2O4P. The van der Waals surface area contributed by atoms with E-state index in [-0.39, 0.29) is 12.4 Å². The molecule has 0 aromatic heterocycles. The summed E-state index contributed by atoms with van der Waals surface area (Å²) < 4.78 is 24.9. The van der Waals surface area contributed by atoms with Crippen molar-refractivity contribution in [3.63, 3.8) is 0 Å². The van der Waals surface area contributed by atoms with E-state index in [0.717, 1.165) is 12.8 Å². The Labute approximate surface area is 129 Å². The van der Waals surface area contributed by atoms with E-state index in [9.17, 15) is 4.57 Å². The molecule has 2 heterocycles. The average molecular weight is 356 g/mol. The number of hydroxylamine groups is 2. The van der Waals surface area contributed by atoms with Gasteiger partial charge in [0.1, 0.15) is 0 Å². The molecule has 0 aromatic carbocycles. The van der Waals surface area contributed by atoms with Crippen molar-refractivity contribution >= 4 is 44.0 Å². The van der Waals surface area contributed by atoms with Crippen molar-refractivity contribution in [1.29, 1.82) is 0 Å². The highest BCUT2D eigenvalue weighted by Crippen LogP contribution is 2.52. The smallest absolute Gasteiger partial charge is 0.300 e. The molecule has 114 valence electrons. The monoisotopic (exact) mass is 354 g/mol. The Kier molecular flexibility index (Phi) is 7.91. The molecule has 19 heavy (non-hydrogen) atoms. The number of hydrogen-bond donors (Lipinski definition) is 0. The zero-order valence-electron chi connectivity index (χ0n) is 10.4. The Morgan fingerprint density at radius 2 is 1.53 bits per heavy atom. The summed E-state index contributed by atoms with van der Waals surface area (Å²) >= 11 is 10.1. The summed E-state index contributed by atoms with van der Waals surface area (Å²) in [5, 5.41) is 1.54. The fraction of sp³-hybridized carbons (Fsp3) is 1.00. The predicted octanol–water partition coefficient (Wildman–Crippen LogP) is 3.35. The van der Waals surface area contributed by atoms with Crippen LogP contribution in [0, 0.1) is 0 Å². The van der Waals surface area contributed by atoms with Crippen LogP contribution < -0.4 is 0 Å². The van der Waals surface area contributed by atoms with Gasteiger partial charge in [-0.1, -0.05) is 0 Å². The first kappa shape index (κ1) is 18.0. The van der Waals surface area contributed by atoms with Gasteiger partial charge in [0, 0.05) is 19.1 Å². The highest BCUT2D eigenvalue weighted by molar-refractivity contribution is 7.50. The van der Waals surface area contributed by atoms with Crippen molar-refractivity contribution in [3.05, 3.63) is 0 Å². The molecule has 0 aliphatic carbocycles. The maximum atomic E-state index is 11.6. The summed E-state index contributed by atoms with van der Waals surface area (Å²) in [5.41, 5.74) is 0. The van der Waals surface area contributed by atoms with Gasteiger partial charge in [0.2, 0.25) is 0 Å². The van der Waals surface area contributed by atoms with Gasteiger partial charge < -0.3 is 4.90 Å². The normalized spacial score (nSPS) is 23.5. The minimum absolute atomic E-state index is 0. The van der Waals surface area contributed by atoms with Crippen LogP contribution in [-0.4, -0.2) is 42.2 Å². The predicted molar refractivity (Wildman–Crippen MR) is 75.2 cm³/mol. The molecule has 6 nitrogen and oxygen atoms in total. The Bertz CT molecular complexity index is 304. The van der Waals surface area contributed by atoms with Crippen molar-refractivity contribution in [1.82, 2.24) is 9.96 Å². The van der Waals surface area contributed by atoms with E-state index in [1.165, 1.54) is 31.0 Å². The number of nitrogens with zero attached hydrogens (tertiary/aromatic N) is 2. The minimum atomic E-state index is -3.85. The first-order chi connectivity index (χ1) is 8.67. The van der Waals surface area contributed by atoms with E-state index in [1.54, 1.807) is 0 Å². The van der Waals surface area contributed by atoms with Crippen LogP contribution in [0.2, 0.25) is 0 Å². The number of phosphoric acid groups is 1. The highest BCUT2D eigenvalue weighted by Gasteiger charge is 2.34. The van der Waals surface area contributed by atoms with E-state index >= 15 is 0 Å². The lowest BCUT2D eigenvalue weighted by Crippen LogP contribution is -2.43.